The van der Waals surface area contributed by atoms with Gasteiger partial charge in [0.2, 0.25) is 0 Å². The van der Waals surface area contributed by atoms with Gasteiger partial charge in [-0.1, -0.05) is 12.1 Å². The molecule has 0 aliphatic carbocycles. The molecule has 1 amide bonds. The molecule has 1 N–H and O–H groups in total. The average Bonchev–Trinajstić information content (AvgIpc) is 3.27. The molecule has 0 saturated carbocycles. The van der Waals surface area contributed by atoms with Gasteiger partial charge in [-0.25, -0.2) is 0 Å². The van der Waals surface area contributed by atoms with E-state index in [1.165, 1.54) is 12.8 Å². The second-order valence-electron chi connectivity index (χ2n) is 6.76. The van der Waals surface area contributed by atoms with Crippen molar-refractivity contribution in [2.24, 2.45) is 0 Å². The van der Waals surface area contributed by atoms with E-state index in [0.717, 1.165) is 24.4 Å². The minimum absolute atomic E-state index is 0.0588. The van der Waals surface area contributed by atoms with E-state index >= 15 is 0 Å². The summed E-state index contributed by atoms with van der Waals surface area (Å²) in [5.41, 5.74) is 1.69. The molecule has 1 aliphatic rings. The van der Waals surface area contributed by atoms with Gasteiger partial charge in [0, 0.05) is 6.54 Å². The first-order valence-electron chi connectivity index (χ1n) is 9.47. The Kier molecular flexibility index (Phi) is 6.88. The van der Waals surface area contributed by atoms with Gasteiger partial charge in [0.05, 0.1) is 24.8 Å². The lowest BCUT2D eigenvalue weighted by Crippen LogP contribution is -2.38. The molecule has 1 saturated heterocycles. The Labute approximate surface area is 165 Å². The van der Waals surface area contributed by atoms with E-state index in [0.29, 0.717) is 17.9 Å². The van der Waals surface area contributed by atoms with Crippen LogP contribution in [-0.2, 0) is 4.79 Å². The number of nitrogens with zero attached hydrogens (tertiary/aromatic N) is 2. The van der Waals surface area contributed by atoms with Gasteiger partial charge in [-0.2, -0.15) is 5.26 Å². The first kappa shape index (κ1) is 19.7. The number of hydrogen-bond acceptors (Lipinski definition) is 5. The van der Waals surface area contributed by atoms with Gasteiger partial charge in [-0.15, -0.1) is 0 Å². The highest BCUT2D eigenvalue weighted by Gasteiger charge is 2.24. The first-order chi connectivity index (χ1) is 13.7. The van der Waals surface area contributed by atoms with Crippen molar-refractivity contribution in [2.75, 3.05) is 33.4 Å². The number of nitrogens with one attached hydrogen (secondary N) is 1. The highest BCUT2D eigenvalue weighted by molar-refractivity contribution is 5.77. The average molecular weight is 379 g/mol. The highest BCUT2D eigenvalue weighted by atomic mass is 16.5. The van der Waals surface area contributed by atoms with E-state index in [1.54, 1.807) is 31.4 Å². The quantitative estimate of drug-likeness (QED) is 0.763. The van der Waals surface area contributed by atoms with Crippen LogP contribution < -0.4 is 14.8 Å². The summed E-state index contributed by atoms with van der Waals surface area (Å²) in [4.78, 5) is 14.7. The fourth-order valence-corrected chi connectivity index (χ4v) is 3.40. The Hall–Kier alpha value is -3.04. The van der Waals surface area contributed by atoms with E-state index in [4.69, 9.17) is 14.7 Å². The molecule has 0 bridgehead atoms. The number of amides is 1. The maximum Gasteiger partial charge on any atom is 0.258 e. The van der Waals surface area contributed by atoms with Gasteiger partial charge in [-0.05, 0) is 67.9 Å². The molecular formula is C22H25N3O3. The SMILES string of the molecule is COc1cccc(C(CNC(=O)COc2ccc(C#N)cc2)N2CCCC2)c1. The van der Waals surface area contributed by atoms with Gasteiger partial charge in [0.15, 0.2) is 6.61 Å². The van der Waals surface area contributed by atoms with Gasteiger partial charge >= 0.3 is 0 Å². The molecule has 0 aromatic heterocycles. The number of methoxy groups -OCH3 is 1. The lowest BCUT2D eigenvalue weighted by molar-refractivity contribution is -0.123. The molecule has 2 aromatic carbocycles. The summed E-state index contributed by atoms with van der Waals surface area (Å²) in [5, 5.41) is 11.8. The van der Waals surface area contributed by atoms with Crippen LogP contribution in [0.1, 0.15) is 30.0 Å². The van der Waals surface area contributed by atoms with E-state index in [2.05, 4.69) is 22.4 Å². The molecule has 1 aliphatic heterocycles. The number of nitriles is 1. The minimum atomic E-state index is -0.170. The Bertz CT molecular complexity index is 824. The van der Waals surface area contributed by atoms with Crippen LogP contribution in [0, 0.1) is 11.3 Å². The van der Waals surface area contributed by atoms with Crippen molar-refractivity contribution in [1.82, 2.24) is 10.2 Å². The van der Waals surface area contributed by atoms with E-state index in [9.17, 15) is 4.79 Å². The van der Waals surface area contributed by atoms with Crippen molar-refractivity contribution in [3.8, 4) is 17.6 Å². The van der Waals surface area contributed by atoms with Crippen LogP contribution in [0.3, 0.4) is 0 Å². The summed E-state index contributed by atoms with van der Waals surface area (Å²) in [5.74, 6) is 1.21. The standard InChI is InChI=1S/C22H25N3O3/c1-27-20-6-4-5-18(13-20)21(25-11-2-3-12-25)15-24-22(26)16-28-19-9-7-17(14-23)8-10-19/h4-10,13,21H,2-3,11-12,15-16H2,1H3,(H,24,26). The Balaban J connectivity index is 1.57. The van der Waals surface area contributed by atoms with Gasteiger partial charge in [0.25, 0.3) is 5.91 Å². The first-order valence-corrected chi connectivity index (χ1v) is 9.47. The van der Waals surface area contributed by atoms with Crippen molar-refractivity contribution in [3.63, 3.8) is 0 Å². The predicted molar refractivity (Wildman–Crippen MR) is 106 cm³/mol. The third-order valence-corrected chi connectivity index (χ3v) is 4.91. The van der Waals surface area contributed by atoms with Gasteiger partial charge in [-0.3, -0.25) is 9.69 Å². The molecule has 1 unspecified atom stereocenters. The molecular weight excluding hydrogens is 354 g/mol. The third kappa shape index (κ3) is 5.24. The van der Waals surface area contributed by atoms with Crippen LogP contribution in [-0.4, -0.2) is 44.2 Å². The second kappa shape index (κ2) is 9.77. The summed E-state index contributed by atoms with van der Waals surface area (Å²) in [6.07, 6.45) is 2.35. The van der Waals surface area contributed by atoms with Crippen molar-refractivity contribution < 1.29 is 14.3 Å². The molecule has 1 fully saturated rings. The largest absolute Gasteiger partial charge is 0.497 e. The predicted octanol–water partition coefficient (Wildman–Crippen LogP) is 2.90. The van der Waals surface area contributed by atoms with Crippen LogP contribution >= 0.6 is 0 Å². The number of ether oxygens (including phenoxy) is 2. The number of rotatable bonds is 8. The van der Waals surface area contributed by atoms with Crippen molar-refractivity contribution in [1.29, 1.82) is 5.26 Å². The molecule has 1 atom stereocenters. The summed E-state index contributed by atoms with van der Waals surface area (Å²) in [7, 11) is 1.66. The molecule has 6 nitrogen and oxygen atoms in total. The summed E-state index contributed by atoms with van der Waals surface area (Å²) in [6, 6.07) is 16.9. The smallest absolute Gasteiger partial charge is 0.258 e. The van der Waals surface area contributed by atoms with Crippen LogP contribution in [0.4, 0.5) is 0 Å². The summed E-state index contributed by atoms with van der Waals surface area (Å²) >= 11 is 0. The van der Waals surface area contributed by atoms with Gasteiger partial charge in [0.1, 0.15) is 11.5 Å². The topological polar surface area (TPSA) is 74.6 Å². The fraction of sp³-hybridized carbons (Fsp3) is 0.364. The van der Waals surface area contributed by atoms with Gasteiger partial charge < -0.3 is 14.8 Å². The molecule has 3 rings (SSSR count). The molecule has 6 heteroatoms. The lowest BCUT2D eigenvalue weighted by atomic mass is 10.0. The number of hydrogen-bond donors (Lipinski definition) is 1. The summed E-state index contributed by atoms with van der Waals surface area (Å²) in [6.45, 7) is 2.51. The van der Waals surface area contributed by atoms with Crippen LogP contribution in [0.5, 0.6) is 11.5 Å². The van der Waals surface area contributed by atoms with E-state index in [1.807, 2.05) is 18.2 Å². The third-order valence-electron chi connectivity index (χ3n) is 4.91. The number of likely N-dealkylation sites (tertiary alicyclic amines) is 1. The Morgan fingerprint density at radius 1 is 1.18 bits per heavy atom. The number of benzene rings is 2. The normalized spacial score (nSPS) is 14.9. The summed E-state index contributed by atoms with van der Waals surface area (Å²) < 4.78 is 10.9. The van der Waals surface area contributed by atoms with Crippen LogP contribution in [0.15, 0.2) is 48.5 Å². The number of carbonyl (C=O) groups is 1. The molecule has 146 valence electrons. The number of carbonyl (C=O) groups excluding carboxylic acids is 1. The Morgan fingerprint density at radius 3 is 2.61 bits per heavy atom. The molecule has 1 heterocycles. The van der Waals surface area contributed by atoms with Crippen molar-refractivity contribution in [2.45, 2.75) is 18.9 Å². The zero-order chi connectivity index (χ0) is 19.8. The highest BCUT2D eigenvalue weighted by Crippen LogP contribution is 2.27. The fourth-order valence-electron chi connectivity index (χ4n) is 3.40. The van der Waals surface area contributed by atoms with Crippen molar-refractivity contribution in [3.05, 3.63) is 59.7 Å². The molecule has 0 spiro atoms. The molecule has 2 aromatic rings. The maximum atomic E-state index is 12.3. The molecule has 28 heavy (non-hydrogen) atoms. The molecule has 0 radical (unpaired) electrons. The maximum absolute atomic E-state index is 12.3. The van der Waals surface area contributed by atoms with Crippen LogP contribution in [0.2, 0.25) is 0 Å². The van der Waals surface area contributed by atoms with Crippen molar-refractivity contribution >= 4 is 5.91 Å². The van der Waals surface area contributed by atoms with E-state index < -0.39 is 0 Å². The van der Waals surface area contributed by atoms with E-state index in [-0.39, 0.29) is 18.6 Å². The zero-order valence-electron chi connectivity index (χ0n) is 16.1. The minimum Gasteiger partial charge on any atom is -0.497 e. The van der Waals surface area contributed by atoms with Crippen LogP contribution in [0.25, 0.3) is 0 Å². The Morgan fingerprint density at radius 2 is 1.93 bits per heavy atom. The monoisotopic (exact) mass is 379 g/mol. The lowest BCUT2D eigenvalue weighted by Gasteiger charge is -2.28. The zero-order valence-corrected chi connectivity index (χ0v) is 16.1. The second-order valence-corrected chi connectivity index (χ2v) is 6.76.